The smallest absolute Gasteiger partial charge is 0.413 e. The Labute approximate surface area is 152 Å². The molecule has 1 aliphatic carbocycles. The number of carboxylic acid groups (broad SMARTS) is 1. The Morgan fingerprint density at radius 3 is 2.23 bits per heavy atom. The molecule has 0 aromatic heterocycles. The molecule has 1 unspecified atom stereocenters. The Morgan fingerprint density at radius 1 is 1.12 bits per heavy atom. The van der Waals surface area contributed by atoms with E-state index in [0.717, 1.165) is 0 Å². The number of benzene rings is 1. The number of Topliss-reactive ketones (excluding diaryl/α,β-unsaturated/α-hetero) is 1. The van der Waals surface area contributed by atoms with Gasteiger partial charge < -0.3 is 20.3 Å². The van der Waals surface area contributed by atoms with Gasteiger partial charge in [-0.05, 0) is 30.4 Å². The Kier molecular flexibility index (Phi) is 6.02. The Balaban J connectivity index is 2.15. The number of ketones is 1. The van der Waals surface area contributed by atoms with Crippen LogP contribution in [-0.2, 0) is 9.59 Å². The lowest BCUT2D eigenvalue weighted by Gasteiger charge is -2.32. The highest BCUT2D eigenvalue weighted by atomic mass is 16.6. The van der Waals surface area contributed by atoms with E-state index < -0.39 is 47.2 Å². The van der Waals surface area contributed by atoms with E-state index in [1.807, 2.05) is 0 Å². The lowest BCUT2D eigenvalue weighted by Crippen LogP contribution is -2.52. The molecule has 1 aromatic rings. The first-order valence-electron chi connectivity index (χ1n) is 8.57. The first kappa shape index (κ1) is 19.9. The third-order valence-electron chi connectivity index (χ3n) is 4.59. The molecule has 2 rings (SSSR count). The van der Waals surface area contributed by atoms with Gasteiger partial charge in [-0.25, -0.2) is 4.79 Å². The summed E-state index contributed by atoms with van der Waals surface area (Å²) >= 11 is 0. The van der Waals surface area contributed by atoms with Gasteiger partial charge in [0.05, 0.1) is 18.1 Å². The van der Waals surface area contributed by atoms with Gasteiger partial charge in [-0.15, -0.1) is 0 Å². The monoisotopic (exact) mass is 363 g/mol. The molecular formula is C19H25NO6. The van der Waals surface area contributed by atoms with Crippen LogP contribution in [0.4, 0.5) is 4.79 Å². The number of carboxylic acids is 1. The molecule has 0 aliphatic heterocycles. The number of amides is 1. The van der Waals surface area contributed by atoms with Crippen LogP contribution in [0, 0.1) is 17.3 Å². The molecule has 7 heteroatoms. The molecule has 0 heterocycles. The number of hydrogen-bond acceptors (Lipinski definition) is 5. The average Bonchev–Trinajstić information content (AvgIpc) is 2.94. The Bertz CT molecular complexity index is 666. The van der Waals surface area contributed by atoms with Crippen LogP contribution in [0.2, 0.25) is 0 Å². The van der Waals surface area contributed by atoms with Gasteiger partial charge in [0.15, 0.2) is 5.78 Å². The summed E-state index contributed by atoms with van der Waals surface area (Å²) in [4.78, 5) is 36.6. The first-order chi connectivity index (χ1) is 12.1. The molecule has 142 valence electrons. The largest absolute Gasteiger partial charge is 0.481 e. The predicted molar refractivity (Wildman–Crippen MR) is 93.7 cm³/mol. The van der Waals surface area contributed by atoms with Gasteiger partial charge in [-0.1, -0.05) is 39.0 Å². The summed E-state index contributed by atoms with van der Waals surface area (Å²) in [6.45, 7) is 5.33. The number of aliphatic hydroxyl groups is 1. The summed E-state index contributed by atoms with van der Waals surface area (Å²) < 4.78 is 5.18. The predicted octanol–water partition coefficient (Wildman–Crippen LogP) is 2.23. The summed E-state index contributed by atoms with van der Waals surface area (Å²) in [6, 6.07) is 7.50. The summed E-state index contributed by atoms with van der Waals surface area (Å²) in [7, 11) is 0. The van der Waals surface area contributed by atoms with E-state index in [4.69, 9.17) is 4.74 Å². The van der Waals surface area contributed by atoms with E-state index in [0.29, 0.717) is 5.75 Å². The van der Waals surface area contributed by atoms with Crippen LogP contribution in [0.1, 0.15) is 33.6 Å². The standard InChI is InChI=1S/C19H25NO6/c1-19(2,3)16(20-18(25)26-12-7-5-4-6-8-12)15(22)13-9-11(21)10-14(13)17(23)24/h4-8,11,13-14,16,21H,9-10H2,1-3H3,(H,20,25)(H,23,24)/t11-,13?,14+,16+/m0/s1. The molecule has 0 saturated heterocycles. The quantitative estimate of drug-likeness (QED) is 0.739. The highest BCUT2D eigenvalue weighted by Gasteiger charge is 2.47. The molecule has 3 N–H and O–H groups in total. The van der Waals surface area contributed by atoms with Crippen LogP contribution in [0.25, 0.3) is 0 Å². The zero-order valence-electron chi connectivity index (χ0n) is 15.1. The number of rotatable bonds is 5. The number of aliphatic hydroxyl groups excluding tert-OH is 1. The zero-order valence-corrected chi connectivity index (χ0v) is 15.1. The van der Waals surface area contributed by atoms with Crippen molar-refractivity contribution in [3.8, 4) is 5.75 Å². The van der Waals surface area contributed by atoms with Gasteiger partial charge in [-0.3, -0.25) is 9.59 Å². The van der Waals surface area contributed by atoms with Gasteiger partial charge >= 0.3 is 12.1 Å². The highest BCUT2D eigenvalue weighted by molar-refractivity contribution is 5.93. The maximum atomic E-state index is 13.0. The van der Waals surface area contributed by atoms with Gasteiger partial charge in [0, 0.05) is 5.92 Å². The molecule has 4 atom stereocenters. The fraction of sp³-hybridized carbons (Fsp3) is 0.526. The topological polar surface area (TPSA) is 113 Å². The Morgan fingerprint density at radius 2 is 1.69 bits per heavy atom. The van der Waals surface area contributed by atoms with E-state index in [2.05, 4.69) is 5.32 Å². The maximum absolute atomic E-state index is 13.0. The molecule has 1 aromatic carbocycles. The lowest BCUT2D eigenvalue weighted by atomic mass is 9.77. The third-order valence-corrected chi connectivity index (χ3v) is 4.59. The van der Waals surface area contributed by atoms with Crippen molar-refractivity contribution in [1.82, 2.24) is 5.32 Å². The molecule has 1 saturated carbocycles. The summed E-state index contributed by atoms with van der Waals surface area (Å²) in [5.74, 6) is -2.96. The molecule has 0 radical (unpaired) electrons. The van der Waals surface area contributed by atoms with Gasteiger partial charge in [0.2, 0.25) is 0 Å². The number of ether oxygens (including phenoxy) is 1. The third kappa shape index (κ3) is 4.82. The van der Waals surface area contributed by atoms with Crippen molar-refractivity contribution in [2.75, 3.05) is 0 Å². The van der Waals surface area contributed by atoms with E-state index >= 15 is 0 Å². The van der Waals surface area contributed by atoms with Crippen molar-refractivity contribution < 1.29 is 29.3 Å². The second-order valence-electron chi connectivity index (χ2n) is 7.72. The van der Waals surface area contributed by atoms with Gasteiger partial charge in [0.25, 0.3) is 0 Å². The fourth-order valence-corrected chi connectivity index (χ4v) is 3.27. The number of carbonyl (C=O) groups is 3. The Hall–Kier alpha value is -2.41. The zero-order chi connectivity index (χ0) is 19.5. The summed E-state index contributed by atoms with van der Waals surface area (Å²) in [5, 5.41) is 21.7. The van der Waals surface area contributed by atoms with Crippen molar-refractivity contribution in [2.45, 2.75) is 45.8 Å². The number of nitrogens with one attached hydrogen (secondary N) is 1. The number of hydrogen-bond donors (Lipinski definition) is 3. The molecule has 0 bridgehead atoms. The van der Waals surface area contributed by atoms with Crippen LogP contribution in [0.15, 0.2) is 30.3 Å². The minimum Gasteiger partial charge on any atom is -0.481 e. The highest BCUT2D eigenvalue weighted by Crippen LogP contribution is 2.36. The fourth-order valence-electron chi connectivity index (χ4n) is 3.27. The lowest BCUT2D eigenvalue weighted by molar-refractivity contribution is -0.146. The minimum atomic E-state index is -1.11. The molecule has 1 amide bonds. The first-order valence-corrected chi connectivity index (χ1v) is 8.57. The second kappa shape index (κ2) is 7.86. The van der Waals surface area contributed by atoms with E-state index in [9.17, 15) is 24.6 Å². The SMILES string of the molecule is CC(C)(C)[C@H](NC(=O)Oc1ccccc1)C(=O)C1C[C@H](O)C[C@H]1C(=O)O. The van der Waals surface area contributed by atoms with Crippen LogP contribution in [0.3, 0.4) is 0 Å². The number of aliphatic carboxylic acids is 1. The maximum Gasteiger partial charge on any atom is 0.413 e. The van der Waals surface area contributed by atoms with Crippen LogP contribution in [0.5, 0.6) is 5.75 Å². The number of carbonyl (C=O) groups excluding carboxylic acids is 2. The van der Waals surface area contributed by atoms with Crippen molar-refractivity contribution in [1.29, 1.82) is 0 Å². The normalized spacial score (nSPS) is 23.9. The number of para-hydroxylation sites is 1. The second-order valence-corrected chi connectivity index (χ2v) is 7.72. The van der Waals surface area contributed by atoms with Crippen molar-refractivity contribution >= 4 is 17.8 Å². The van der Waals surface area contributed by atoms with Crippen LogP contribution >= 0.6 is 0 Å². The molecule has 1 aliphatic rings. The average molecular weight is 363 g/mol. The van der Waals surface area contributed by atoms with Gasteiger partial charge in [-0.2, -0.15) is 0 Å². The minimum absolute atomic E-state index is 0.0388. The van der Waals surface area contributed by atoms with E-state index in [-0.39, 0.29) is 12.8 Å². The molecule has 26 heavy (non-hydrogen) atoms. The molecular weight excluding hydrogens is 338 g/mol. The molecule has 1 fully saturated rings. The molecule has 7 nitrogen and oxygen atoms in total. The van der Waals surface area contributed by atoms with Crippen LogP contribution in [-0.4, -0.2) is 40.2 Å². The van der Waals surface area contributed by atoms with Crippen molar-refractivity contribution in [2.24, 2.45) is 17.3 Å². The van der Waals surface area contributed by atoms with E-state index in [1.165, 1.54) is 0 Å². The summed E-state index contributed by atoms with van der Waals surface area (Å²) in [6.07, 6.45) is -1.49. The van der Waals surface area contributed by atoms with Gasteiger partial charge in [0.1, 0.15) is 5.75 Å². The van der Waals surface area contributed by atoms with Crippen molar-refractivity contribution in [3.63, 3.8) is 0 Å². The molecule has 0 spiro atoms. The summed E-state index contributed by atoms with van der Waals surface area (Å²) in [5.41, 5.74) is -0.649. The van der Waals surface area contributed by atoms with Crippen molar-refractivity contribution in [3.05, 3.63) is 30.3 Å². The van der Waals surface area contributed by atoms with E-state index in [1.54, 1.807) is 51.1 Å². The van der Waals surface area contributed by atoms with Crippen LogP contribution < -0.4 is 10.1 Å².